The fraction of sp³-hybridized carbons (Fsp3) is 0.0588. The summed E-state index contributed by atoms with van der Waals surface area (Å²) in [5, 5.41) is 2.60. The van der Waals surface area contributed by atoms with Gasteiger partial charge in [0.2, 0.25) is 0 Å². The maximum absolute atomic E-state index is 12.6. The molecule has 0 saturated carbocycles. The van der Waals surface area contributed by atoms with Crippen LogP contribution in [-0.4, -0.2) is 22.2 Å². The second kappa shape index (κ2) is 6.16. The van der Waals surface area contributed by atoms with Crippen LogP contribution in [0.15, 0.2) is 58.4 Å². The summed E-state index contributed by atoms with van der Waals surface area (Å²) in [7, 11) is 0. The van der Waals surface area contributed by atoms with E-state index in [2.05, 4.69) is 10.4 Å². The van der Waals surface area contributed by atoms with Crippen LogP contribution >= 0.6 is 35.0 Å². The third-order valence-electron chi connectivity index (χ3n) is 3.65. The SMILES string of the molecule is O=C1/C(=C/c2ccc(Cl)cc2Cl)S[C@@H]2N=C(c3ccccc3)NN12. The lowest BCUT2D eigenvalue weighted by molar-refractivity contribution is -0.127. The third kappa shape index (κ3) is 2.79. The highest BCUT2D eigenvalue weighted by molar-refractivity contribution is 8.05. The van der Waals surface area contributed by atoms with Gasteiger partial charge in [-0.1, -0.05) is 71.4 Å². The Bertz CT molecular complexity index is 883. The van der Waals surface area contributed by atoms with E-state index in [0.717, 1.165) is 11.1 Å². The van der Waals surface area contributed by atoms with Gasteiger partial charge in [0, 0.05) is 15.6 Å². The second-order valence-corrected chi connectivity index (χ2v) is 7.19. The first-order valence-corrected chi connectivity index (χ1v) is 8.82. The van der Waals surface area contributed by atoms with Crippen molar-refractivity contribution in [1.29, 1.82) is 0 Å². The molecule has 7 heteroatoms. The van der Waals surface area contributed by atoms with Crippen molar-refractivity contribution in [3.05, 3.63) is 74.6 Å². The number of amidine groups is 1. The molecule has 1 amide bonds. The second-order valence-electron chi connectivity index (χ2n) is 5.25. The summed E-state index contributed by atoms with van der Waals surface area (Å²) < 4.78 is 0. The van der Waals surface area contributed by atoms with E-state index >= 15 is 0 Å². The fourth-order valence-electron chi connectivity index (χ4n) is 2.47. The van der Waals surface area contributed by atoms with E-state index < -0.39 is 0 Å². The van der Waals surface area contributed by atoms with Crippen molar-refractivity contribution >= 4 is 52.8 Å². The lowest BCUT2D eigenvalue weighted by Gasteiger charge is -2.13. The van der Waals surface area contributed by atoms with Crippen LogP contribution in [0, 0.1) is 0 Å². The largest absolute Gasteiger partial charge is 0.281 e. The van der Waals surface area contributed by atoms with Crippen molar-refractivity contribution in [3.8, 4) is 0 Å². The summed E-state index contributed by atoms with van der Waals surface area (Å²) in [5.74, 6) is 0.579. The zero-order chi connectivity index (χ0) is 16.7. The minimum atomic E-state index is -0.301. The number of hydrogen-bond donors (Lipinski definition) is 1. The Morgan fingerprint density at radius 2 is 1.96 bits per heavy atom. The average Bonchev–Trinajstić information content (AvgIpc) is 3.11. The normalized spacial score (nSPS) is 21.0. The number of aliphatic imine (C=N–C) groups is 1. The lowest BCUT2D eigenvalue weighted by atomic mass is 10.2. The van der Waals surface area contributed by atoms with E-state index in [0.29, 0.717) is 20.8 Å². The molecule has 0 bridgehead atoms. The summed E-state index contributed by atoms with van der Waals surface area (Å²) in [6.07, 6.45) is 1.77. The van der Waals surface area contributed by atoms with Crippen LogP contribution in [0.2, 0.25) is 10.0 Å². The van der Waals surface area contributed by atoms with Gasteiger partial charge in [0.1, 0.15) is 5.84 Å². The van der Waals surface area contributed by atoms with Gasteiger partial charge in [0.25, 0.3) is 5.91 Å². The van der Waals surface area contributed by atoms with Crippen LogP contribution in [-0.2, 0) is 4.79 Å². The molecule has 2 aromatic rings. The maximum Gasteiger partial charge on any atom is 0.281 e. The minimum Gasteiger partial charge on any atom is -0.276 e. The van der Waals surface area contributed by atoms with E-state index in [4.69, 9.17) is 23.2 Å². The Morgan fingerprint density at radius 3 is 2.67 bits per heavy atom. The number of carbonyl (C=O) groups excluding carboxylic acids is 1. The number of rotatable bonds is 2. The van der Waals surface area contributed by atoms with Gasteiger partial charge in [-0.25, -0.2) is 10.0 Å². The molecule has 0 aromatic heterocycles. The maximum atomic E-state index is 12.6. The molecule has 1 fully saturated rings. The predicted octanol–water partition coefficient (Wildman–Crippen LogP) is 4.16. The highest BCUT2D eigenvalue weighted by atomic mass is 35.5. The molecule has 0 aliphatic carbocycles. The van der Waals surface area contributed by atoms with Crippen LogP contribution in [0.5, 0.6) is 0 Å². The molecule has 0 radical (unpaired) electrons. The minimum absolute atomic E-state index is 0.120. The number of fused-ring (bicyclic) bond motifs is 1. The molecule has 1 atom stereocenters. The Kier molecular flexibility index (Phi) is 4.00. The zero-order valence-corrected chi connectivity index (χ0v) is 14.6. The zero-order valence-electron chi connectivity index (χ0n) is 12.2. The summed E-state index contributed by atoms with van der Waals surface area (Å²) in [6, 6.07) is 14.9. The molecule has 2 aliphatic heterocycles. The molecule has 2 heterocycles. The number of carbonyl (C=O) groups is 1. The van der Waals surface area contributed by atoms with Gasteiger partial charge in [-0.3, -0.25) is 10.2 Å². The molecule has 2 aliphatic rings. The van der Waals surface area contributed by atoms with E-state index in [1.807, 2.05) is 30.3 Å². The van der Waals surface area contributed by atoms with E-state index in [-0.39, 0.29) is 11.4 Å². The van der Waals surface area contributed by atoms with Gasteiger partial charge in [-0.05, 0) is 23.8 Å². The number of amides is 1. The fourth-order valence-corrected chi connectivity index (χ4v) is 3.97. The molecule has 4 rings (SSSR count). The quantitative estimate of drug-likeness (QED) is 0.801. The number of nitrogens with zero attached hydrogens (tertiary/aromatic N) is 2. The third-order valence-corrected chi connectivity index (χ3v) is 5.28. The Morgan fingerprint density at radius 1 is 1.17 bits per heavy atom. The van der Waals surface area contributed by atoms with Crippen molar-refractivity contribution in [2.75, 3.05) is 0 Å². The first-order valence-electron chi connectivity index (χ1n) is 7.19. The van der Waals surface area contributed by atoms with Gasteiger partial charge in [0.15, 0.2) is 5.50 Å². The highest BCUT2D eigenvalue weighted by Crippen LogP contribution is 2.39. The van der Waals surface area contributed by atoms with Crippen LogP contribution < -0.4 is 5.43 Å². The number of nitrogens with one attached hydrogen (secondary N) is 1. The molecular weight excluding hydrogens is 365 g/mol. The Labute approximate surface area is 153 Å². The van der Waals surface area contributed by atoms with Gasteiger partial charge >= 0.3 is 0 Å². The molecule has 1 saturated heterocycles. The van der Waals surface area contributed by atoms with E-state index in [9.17, 15) is 4.79 Å². The number of hydrogen-bond acceptors (Lipinski definition) is 4. The van der Waals surface area contributed by atoms with Gasteiger partial charge < -0.3 is 0 Å². The summed E-state index contributed by atoms with van der Waals surface area (Å²) >= 11 is 13.5. The Balaban J connectivity index is 1.60. The molecule has 0 spiro atoms. The lowest BCUT2D eigenvalue weighted by Crippen LogP contribution is -2.40. The van der Waals surface area contributed by atoms with Crippen LogP contribution in [0.3, 0.4) is 0 Å². The number of hydrazine groups is 1. The predicted molar refractivity (Wildman–Crippen MR) is 98.8 cm³/mol. The van der Waals surface area contributed by atoms with Crippen molar-refractivity contribution in [2.45, 2.75) is 5.50 Å². The molecule has 2 aromatic carbocycles. The van der Waals surface area contributed by atoms with Crippen molar-refractivity contribution < 1.29 is 4.79 Å². The van der Waals surface area contributed by atoms with E-state index in [1.54, 1.807) is 24.3 Å². The van der Waals surface area contributed by atoms with Crippen LogP contribution in [0.4, 0.5) is 0 Å². The summed E-state index contributed by atoms with van der Waals surface area (Å²) in [5.41, 5.74) is 4.48. The van der Waals surface area contributed by atoms with Crippen LogP contribution in [0.25, 0.3) is 6.08 Å². The van der Waals surface area contributed by atoms with Crippen molar-refractivity contribution in [3.63, 3.8) is 0 Å². The molecule has 24 heavy (non-hydrogen) atoms. The number of benzene rings is 2. The first-order chi connectivity index (χ1) is 11.6. The Hall–Kier alpha value is -1.95. The van der Waals surface area contributed by atoms with Crippen molar-refractivity contribution in [2.24, 2.45) is 4.99 Å². The highest BCUT2D eigenvalue weighted by Gasteiger charge is 2.41. The summed E-state index contributed by atoms with van der Waals surface area (Å²) in [6.45, 7) is 0. The molecular formula is C17H11Cl2N3OS. The van der Waals surface area contributed by atoms with Crippen molar-refractivity contribution in [1.82, 2.24) is 10.4 Å². The average molecular weight is 376 g/mol. The molecule has 4 nitrogen and oxygen atoms in total. The van der Waals surface area contributed by atoms with Gasteiger partial charge in [-0.2, -0.15) is 0 Å². The molecule has 0 unspecified atom stereocenters. The van der Waals surface area contributed by atoms with Crippen LogP contribution in [0.1, 0.15) is 11.1 Å². The number of halogens is 2. The smallest absolute Gasteiger partial charge is 0.276 e. The number of thioether (sulfide) groups is 1. The van der Waals surface area contributed by atoms with Gasteiger partial charge in [-0.15, -0.1) is 0 Å². The van der Waals surface area contributed by atoms with Gasteiger partial charge in [0.05, 0.1) is 4.91 Å². The molecule has 1 N–H and O–H groups in total. The topological polar surface area (TPSA) is 44.7 Å². The summed E-state index contributed by atoms with van der Waals surface area (Å²) in [4.78, 5) is 17.7. The standard InChI is InChI=1S/C17H11Cl2N3OS/c18-12-7-6-11(13(19)9-12)8-14-16(23)22-17(24-14)20-15(21-22)10-4-2-1-3-5-10/h1-9,17H,(H,20,21)/b14-8-/t17-/m1/s1. The molecule has 120 valence electrons. The first kappa shape index (κ1) is 15.6. The monoisotopic (exact) mass is 375 g/mol. The van der Waals surface area contributed by atoms with E-state index in [1.165, 1.54) is 16.8 Å².